The number of nitrogens with two attached hydrogens (primary N) is 1. The van der Waals surface area contributed by atoms with E-state index in [1.165, 1.54) is 12.1 Å². The van der Waals surface area contributed by atoms with E-state index in [1.54, 1.807) is 20.8 Å². The Morgan fingerprint density at radius 3 is 2.62 bits per heavy atom. The van der Waals surface area contributed by atoms with E-state index in [1.807, 2.05) is 0 Å². The SMILES string of the molecule is CC(C)(C)ONC(=O)c1cc(F)ccc1N. The lowest BCUT2D eigenvalue weighted by Crippen LogP contribution is -2.33. The number of anilines is 1. The summed E-state index contributed by atoms with van der Waals surface area (Å²) in [6.45, 7) is 5.34. The molecule has 0 aliphatic carbocycles. The van der Waals surface area contributed by atoms with Gasteiger partial charge >= 0.3 is 0 Å². The predicted octanol–water partition coefficient (Wildman–Crippen LogP) is 1.87. The minimum absolute atomic E-state index is 0.0595. The van der Waals surface area contributed by atoms with Crippen LogP contribution in [0, 0.1) is 5.82 Å². The molecule has 4 nitrogen and oxygen atoms in total. The van der Waals surface area contributed by atoms with Gasteiger partial charge in [0.2, 0.25) is 0 Å². The molecule has 5 heteroatoms. The molecule has 1 aromatic rings. The Hall–Kier alpha value is -1.62. The van der Waals surface area contributed by atoms with E-state index in [4.69, 9.17) is 10.6 Å². The monoisotopic (exact) mass is 226 g/mol. The van der Waals surface area contributed by atoms with Crippen LogP contribution >= 0.6 is 0 Å². The van der Waals surface area contributed by atoms with E-state index in [0.29, 0.717) is 0 Å². The summed E-state index contributed by atoms with van der Waals surface area (Å²) in [6.07, 6.45) is 0. The van der Waals surface area contributed by atoms with Gasteiger partial charge in [0, 0.05) is 5.69 Å². The number of carbonyl (C=O) groups is 1. The fourth-order valence-electron chi connectivity index (χ4n) is 0.980. The lowest BCUT2D eigenvalue weighted by molar-refractivity contribution is -0.0589. The van der Waals surface area contributed by atoms with Crippen LogP contribution < -0.4 is 11.2 Å². The molecule has 1 amide bonds. The lowest BCUT2D eigenvalue weighted by Gasteiger charge is -2.19. The van der Waals surface area contributed by atoms with Crippen molar-refractivity contribution in [1.29, 1.82) is 0 Å². The van der Waals surface area contributed by atoms with Crippen LogP contribution in [0.3, 0.4) is 0 Å². The van der Waals surface area contributed by atoms with E-state index in [9.17, 15) is 9.18 Å². The van der Waals surface area contributed by atoms with Crippen LogP contribution in [0.5, 0.6) is 0 Å². The van der Waals surface area contributed by atoms with Crippen molar-refractivity contribution in [3.63, 3.8) is 0 Å². The fraction of sp³-hybridized carbons (Fsp3) is 0.364. The van der Waals surface area contributed by atoms with Crippen LogP contribution in [0.1, 0.15) is 31.1 Å². The molecule has 0 aliphatic heterocycles. The van der Waals surface area contributed by atoms with E-state index < -0.39 is 17.3 Å². The first kappa shape index (κ1) is 12.4. The molecule has 0 bridgehead atoms. The van der Waals surface area contributed by atoms with Crippen molar-refractivity contribution in [1.82, 2.24) is 5.48 Å². The second-order valence-corrected chi connectivity index (χ2v) is 4.38. The minimum atomic E-state index is -0.563. The highest BCUT2D eigenvalue weighted by Gasteiger charge is 2.15. The number of benzene rings is 1. The summed E-state index contributed by atoms with van der Waals surface area (Å²) in [5.74, 6) is -1.08. The highest BCUT2D eigenvalue weighted by molar-refractivity contribution is 5.98. The van der Waals surface area contributed by atoms with Gasteiger partial charge in [-0.1, -0.05) is 0 Å². The van der Waals surface area contributed by atoms with E-state index in [0.717, 1.165) is 6.07 Å². The molecule has 0 saturated heterocycles. The number of rotatable bonds is 2. The minimum Gasteiger partial charge on any atom is -0.398 e. The fourth-order valence-corrected chi connectivity index (χ4v) is 0.980. The topological polar surface area (TPSA) is 64.3 Å². The quantitative estimate of drug-likeness (QED) is 0.597. The maximum Gasteiger partial charge on any atom is 0.277 e. The average Bonchev–Trinajstić information content (AvgIpc) is 2.17. The van der Waals surface area contributed by atoms with Crippen molar-refractivity contribution in [2.45, 2.75) is 26.4 Å². The van der Waals surface area contributed by atoms with Crippen molar-refractivity contribution in [3.8, 4) is 0 Å². The second kappa shape index (κ2) is 4.49. The van der Waals surface area contributed by atoms with E-state index in [2.05, 4.69) is 5.48 Å². The van der Waals surface area contributed by atoms with Crippen molar-refractivity contribution < 1.29 is 14.0 Å². The zero-order valence-corrected chi connectivity index (χ0v) is 9.50. The summed E-state index contributed by atoms with van der Waals surface area (Å²) in [5.41, 5.74) is 7.52. The molecule has 0 spiro atoms. The van der Waals surface area contributed by atoms with Gasteiger partial charge in [0.15, 0.2) is 0 Å². The first-order valence-electron chi connectivity index (χ1n) is 4.83. The van der Waals surface area contributed by atoms with Crippen LogP contribution in [0.2, 0.25) is 0 Å². The Balaban J connectivity index is 2.77. The number of carbonyl (C=O) groups excluding carboxylic acids is 1. The Bertz CT molecular complexity index is 399. The number of hydroxylamine groups is 1. The van der Waals surface area contributed by atoms with E-state index >= 15 is 0 Å². The molecule has 0 heterocycles. The molecule has 1 rings (SSSR count). The summed E-state index contributed by atoms with van der Waals surface area (Å²) in [5, 5.41) is 0. The van der Waals surface area contributed by atoms with Crippen molar-refractivity contribution in [2.75, 3.05) is 5.73 Å². The molecule has 88 valence electrons. The van der Waals surface area contributed by atoms with Gasteiger partial charge in [-0.15, -0.1) is 0 Å². The van der Waals surface area contributed by atoms with Crippen molar-refractivity contribution in [2.24, 2.45) is 0 Å². The third kappa shape index (κ3) is 3.51. The maximum absolute atomic E-state index is 12.9. The number of hydrogen-bond acceptors (Lipinski definition) is 3. The number of hydrogen-bond donors (Lipinski definition) is 2. The molecular formula is C11H15FN2O2. The van der Waals surface area contributed by atoms with Gasteiger partial charge in [-0.05, 0) is 39.0 Å². The Labute approximate surface area is 93.5 Å². The van der Waals surface area contributed by atoms with Crippen molar-refractivity contribution >= 4 is 11.6 Å². The molecular weight excluding hydrogens is 211 g/mol. The Kier molecular flexibility index (Phi) is 3.49. The molecule has 0 saturated carbocycles. The Morgan fingerprint density at radius 1 is 1.44 bits per heavy atom. The highest BCUT2D eigenvalue weighted by Crippen LogP contribution is 2.13. The summed E-state index contributed by atoms with van der Waals surface area (Å²) in [7, 11) is 0. The zero-order chi connectivity index (χ0) is 12.3. The van der Waals surface area contributed by atoms with Gasteiger partial charge in [-0.25, -0.2) is 9.87 Å². The summed E-state index contributed by atoms with van der Waals surface area (Å²) in [4.78, 5) is 16.6. The summed E-state index contributed by atoms with van der Waals surface area (Å²) >= 11 is 0. The van der Waals surface area contributed by atoms with Crippen LogP contribution in [0.4, 0.5) is 10.1 Å². The van der Waals surface area contributed by atoms with Gasteiger partial charge < -0.3 is 5.73 Å². The normalized spacial score (nSPS) is 11.2. The zero-order valence-electron chi connectivity index (χ0n) is 9.50. The largest absolute Gasteiger partial charge is 0.398 e. The smallest absolute Gasteiger partial charge is 0.277 e. The van der Waals surface area contributed by atoms with Crippen LogP contribution in [0.15, 0.2) is 18.2 Å². The number of nitrogen functional groups attached to an aromatic ring is 1. The summed E-state index contributed by atoms with van der Waals surface area (Å²) in [6, 6.07) is 3.59. The average molecular weight is 226 g/mol. The molecule has 0 aliphatic rings. The van der Waals surface area contributed by atoms with Gasteiger partial charge in [0.1, 0.15) is 5.82 Å². The second-order valence-electron chi connectivity index (χ2n) is 4.38. The van der Waals surface area contributed by atoms with Gasteiger partial charge in [0.25, 0.3) is 5.91 Å². The molecule has 3 N–H and O–H groups in total. The standard InChI is InChI=1S/C11H15FN2O2/c1-11(2,3)16-14-10(15)8-6-7(12)4-5-9(8)13/h4-6H,13H2,1-3H3,(H,14,15). The van der Waals surface area contributed by atoms with Gasteiger partial charge in [0.05, 0.1) is 11.2 Å². The van der Waals surface area contributed by atoms with Gasteiger partial charge in [-0.2, -0.15) is 0 Å². The van der Waals surface area contributed by atoms with Gasteiger partial charge in [-0.3, -0.25) is 9.63 Å². The molecule has 0 aromatic heterocycles. The highest BCUT2D eigenvalue weighted by atomic mass is 19.1. The summed E-state index contributed by atoms with van der Waals surface area (Å²) < 4.78 is 12.9. The van der Waals surface area contributed by atoms with Crippen LogP contribution in [0.25, 0.3) is 0 Å². The number of halogens is 1. The van der Waals surface area contributed by atoms with E-state index in [-0.39, 0.29) is 11.3 Å². The predicted molar refractivity (Wildman–Crippen MR) is 59.1 cm³/mol. The Morgan fingerprint density at radius 2 is 2.06 bits per heavy atom. The molecule has 0 radical (unpaired) electrons. The molecule has 0 fully saturated rings. The molecule has 0 unspecified atom stereocenters. The molecule has 16 heavy (non-hydrogen) atoms. The molecule has 1 aromatic carbocycles. The van der Waals surface area contributed by atoms with Crippen LogP contribution in [-0.2, 0) is 4.84 Å². The first-order valence-corrected chi connectivity index (χ1v) is 4.83. The lowest BCUT2D eigenvalue weighted by atomic mass is 10.1. The molecule has 0 atom stereocenters. The number of amides is 1. The third-order valence-electron chi connectivity index (χ3n) is 1.71. The first-order chi connectivity index (χ1) is 7.29. The van der Waals surface area contributed by atoms with Crippen LogP contribution in [-0.4, -0.2) is 11.5 Å². The van der Waals surface area contributed by atoms with Crippen molar-refractivity contribution in [3.05, 3.63) is 29.6 Å². The maximum atomic E-state index is 12.9. The number of nitrogens with one attached hydrogen (secondary N) is 1. The third-order valence-corrected chi connectivity index (χ3v) is 1.71.